The van der Waals surface area contributed by atoms with E-state index in [0.29, 0.717) is 17.4 Å². The van der Waals surface area contributed by atoms with Crippen molar-refractivity contribution >= 4 is 11.8 Å². The summed E-state index contributed by atoms with van der Waals surface area (Å²) in [6.45, 7) is 1.54. The first-order valence-corrected chi connectivity index (χ1v) is 7.36. The molecular weight excluding hydrogens is 268 g/mol. The molecule has 3 atom stereocenters. The highest BCUT2D eigenvalue weighted by molar-refractivity contribution is 5.96. The highest BCUT2D eigenvalue weighted by atomic mass is 16.2. The molecule has 6 nitrogen and oxygen atoms in total. The summed E-state index contributed by atoms with van der Waals surface area (Å²) < 4.78 is 0. The minimum Gasteiger partial charge on any atom is -0.343 e. The van der Waals surface area contributed by atoms with Crippen molar-refractivity contribution in [2.75, 3.05) is 19.6 Å². The lowest BCUT2D eigenvalue weighted by Crippen LogP contribution is -2.40. The topological polar surface area (TPSA) is 88.3 Å². The summed E-state index contributed by atoms with van der Waals surface area (Å²) in [4.78, 5) is 29.8. The molecule has 3 rings (SSSR count). The third-order valence-electron chi connectivity index (χ3n) is 4.59. The lowest BCUT2D eigenvalue weighted by Gasteiger charge is -2.19. The molecule has 1 saturated heterocycles. The van der Waals surface area contributed by atoms with Crippen LogP contribution in [0.3, 0.4) is 0 Å². The standard InChI is InChI=1S/C15H20N4O2/c16-13-4-3-11-8-19(9-12(11)13)14(20)7-18-15(21)10-2-1-5-17-6-10/h1-2,5-6,11-13H,3-4,7-9,16H2,(H,18,21). The maximum Gasteiger partial charge on any atom is 0.253 e. The maximum atomic E-state index is 12.2. The average molecular weight is 288 g/mol. The molecule has 0 bridgehead atoms. The number of hydrogen-bond acceptors (Lipinski definition) is 4. The van der Waals surface area contributed by atoms with E-state index < -0.39 is 0 Å². The molecule has 21 heavy (non-hydrogen) atoms. The Bertz CT molecular complexity index is 534. The lowest BCUT2D eigenvalue weighted by molar-refractivity contribution is -0.129. The number of amides is 2. The summed E-state index contributed by atoms with van der Waals surface area (Å²) in [5.74, 6) is 0.669. The van der Waals surface area contributed by atoms with E-state index in [1.807, 2.05) is 4.90 Å². The minimum absolute atomic E-state index is 0.0302. The zero-order chi connectivity index (χ0) is 14.8. The van der Waals surface area contributed by atoms with Crippen LogP contribution in [0.5, 0.6) is 0 Å². The van der Waals surface area contributed by atoms with Gasteiger partial charge >= 0.3 is 0 Å². The van der Waals surface area contributed by atoms with Gasteiger partial charge in [0, 0.05) is 31.5 Å². The Hall–Kier alpha value is -1.95. The zero-order valence-electron chi connectivity index (χ0n) is 11.9. The van der Waals surface area contributed by atoms with Crippen LogP contribution in [0.25, 0.3) is 0 Å². The smallest absolute Gasteiger partial charge is 0.253 e. The van der Waals surface area contributed by atoms with Crippen LogP contribution >= 0.6 is 0 Å². The van der Waals surface area contributed by atoms with Gasteiger partial charge in [0.25, 0.3) is 5.91 Å². The van der Waals surface area contributed by atoms with E-state index in [1.165, 1.54) is 6.20 Å². The molecule has 0 aromatic carbocycles. The van der Waals surface area contributed by atoms with Crippen LogP contribution in [0.4, 0.5) is 0 Å². The van der Waals surface area contributed by atoms with Gasteiger partial charge in [0.15, 0.2) is 0 Å². The van der Waals surface area contributed by atoms with Crippen molar-refractivity contribution in [3.63, 3.8) is 0 Å². The molecule has 2 amide bonds. The number of aromatic nitrogens is 1. The normalized spacial score (nSPS) is 27.5. The molecule has 2 fully saturated rings. The molecule has 1 aliphatic heterocycles. The van der Waals surface area contributed by atoms with E-state index in [-0.39, 0.29) is 24.4 Å². The molecule has 6 heteroatoms. The number of nitrogens with two attached hydrogens (primary N) is 1. The van der Waals surface area contributed by atoms with Crippen LogP contribution in [-0.2, 0) is 4.79 Å². The molecule has 0 spiro atoms. The molecule has 1 aromatic rings. The predicted octanol–water partition coefficient (Wildman–Crippen LogP) is 0.00710. The first-order valence-electron chi connectivity index (χ1n) is 7.36. The Morgan fingerprint density at radius 2 is 2.24 bits per heavy atom. The van der Waals surface area contributed by atoms with Gasteiger partial charge in [-0.25, -0.2) is 0 Å². The van der Waals surface area contributed by atoms with Gasteiger partial charge in [-0.3, -0.25) is 14.6 Å². The summed E-state index contributed by atoms with van der Waals surface area (Å²) in [6, 6.07) is 3.59. The van der Waals surface area contributed by atoms with Crippen LogP contribution in [0.2, 0.25) is 0 Å². The van der Waals surface area contributed by atoms with Gasteiger partial charge in [0.05, 0.1) is 12.1 Å². The van der Waals surface area contributed by atoms with Crippen LogP contribution in [0.15, 0.2) is 24.5 Å². The van der Waals surface area contributed by atoms with E-state index in [0.717, 1.165) is 25.9 Å². The molecule has 0 radical (unpaired) electrons. The van der Waals surface area contributed by atoms with E-state index >= 15 is 0 Å². The number of nitrogens with one attached hydrogen (secondary N) is 1. The number of likely N-dealkylation sites (tertiary alicyclic amines) is 1. The Morgan fingerprint density at radius 3 is 2.95 bits per heavy atom. The maximum absolute atomic E-state index is 12.2. The fraction of sp³-hybridized carbons (Fsp3) is 0.533. The van der Waals surface area contributed by atoms with Crippen molar-refractivity contribution in [3.05, 3.63) is 30.1 Å². The van der Waals surface area contributed by atoms with Gasteiger partial charge < -0.3 is 16.0 Å². The quantitative estimate of drug-likeness (QED) is 0.820. The Morgan fingerprint density at radius 1 is 1.38 bits per heavy atom. The van der Waals surface area contributed by atoms with Crippen LogP contribution < -0.4 is 11.1 Å². The number of rotatable bonds is 3. The first kappa shape index (κ1) is 14.0. The highest BCUT2D eigenvalue weighted by Crippen LogP contribution is 2.36. The van der Waals surface area contributed by atoms with Crippen LogP contribution in [0.1, 0.15) is 23.2 Å². The van der Waals surface area contributed by atoms with Crippen molar-refractivity contribution in [3.8, 4) is 0 Å². The molecule has 1 aromatic heterocycles. The number of pyridine rings is 1. The second-order valence-electron chi connectivity index (χ2n) is 5.89. The van der Waals surface area contributed by atoms with Crippen LogP contribution in [-0.4, -0.2) is 47.4 Å². The third-order valence-corrected chi connectivity index (χ3v) is 4.59. The molecule has 112 valence electrons. The molecule has 2 heterocycles. The Kier molecular flexibility index (Phi) is 3.88. The number of hydrogen-bond donors (Lipinski definition) is 2. The highest BCUT2D eigenvalue weighted by Gasteiger charge is 2.42. The fourth-order valence-electron chi connectivity index (χ4n) is 3.38. The second-order valence-corrected chi connectivity index (χ2v) is 5.89. The van der Waals surface area contributed by atoms with Crippen molar-refractivity contribution in [1.29, 1.82) is 0 Å². The number of carbonyl (C=O) groups is 2. The number of carbonyl (C=O) groups excluding carboxylic acids is 2. The molecule has 2 aliphatic rings. The largest absolute Gasteiger partial charge is 0.343 e. The summed E-state index contributed by atoms with van der Waals surface area (Å²) in [5, 5.41) is 2.65. The number of nitrogens with zero attached hydrogens (tertiary/aromatic N) is 2. The summed E-state index contributed by atoms with van der Waals surface area (Å²) in [6.07, 6.45) is 5.26. The van der Waals surface area contributed by atoms with Gasteiger partial charge in [-0.05, 0) is 36.8 Å². The number of fused-ring (bicyclic) bond motifs is 1. The monoisotopic (exact) mass is 288 g/mol. The Balaban J connectivity index is 1.50. The van der Waals surface area contributed by atoms with Crippen molar-refractivity contribution in [2.24, 2.45) is 17.6 Å². The molecular formula is C15H20N4O2. The molecule has 1 saturated carbocycles. The van der Waals surface area contributed by atoms with Crippen LogP contribution in [0, 0.1) is 11.8 Å². The zero-order valence-corrected chi connectivity index (χ0v) is 11.9. The summed E-state index contributed by atoms with van der Waals surface area (Å²) >= 11 is 0. The SMILES string of the molecule is NC1CCC2CN(C(=O)CNC(=O)c3cccnc3)CC12. The third kappa shape index (κ3) is 2.90. The van der Waals surface area contributed by atoms with Gasteiger partial charge in [-0.2, -0.15) is 0 Å². The molecule has 3 N–H and O–H groups in total. The first-order chi connectivity index (χ1) is 10.1. The van der Waals surface area contributed by atoms with E-state index in [4.69, 9.17) is 5.73 Å². The van der Waals surface area contributed by atoms with Gasteiger partial charge in [0.2, 0.25) is 5.91 Å². The summed E-state index contributed by atoms with van der Waals surface area (Å²) in [7, 11) is 0. The Labute approximate surface area is 123 Å². The van der Waals surface area contributed by atoms with Gasteiger partial charge in [-0.1, -0.05) is 0 Å². The molecule has 3 unspecified atom stereocenters. The lowest BCUT2D eigenvalue weighted by atomic mass is 9.98. The van der Waals surface area contributed by atoms with Crippen molar-refractivity contribution in [2.45, 2.75) is 18.9 Å². The van der Waals surface area contributed by atoms with Crippen molar-refractivity contribution < 1.29 is 9.59 Å². The van der Waals surface area contributed by atoms with Gasteiger partial charge in [0.1, 0.15) is 0 Å². The van der Waals surface area contributed by atoms with E-state index in [9.17, 15) is 9.59 Å². The molecule has 1 aliphatic carbocycles. The minimum atomic E-state index is -0.271. The van der Waals surface area contributed by atoms with Gasteiger partial charge in [-0.15, -0.1) is 0 Å². The summed E-state index contributed by atoms with van der Waals surface area (Å²) in [5.41, 5.74) is 6.53. The average Bonchev–Trinajstić information content (AvgIpc) is 3.08. The van der Waals surface area contributed by atoms with Crippen molar-refractivity contribution in [1.82, 2.24) is 15.2 Å². The fourth-order valence-corrected chi connectivity index (χ4v) is 3.38. The predicted molar refractivity (Wildman–Crippen MR) is 77.3 cm³/mol. The van der Waals surface area contributed by atoms with E-state index in [1.54, 1.807) is 18.3 Å². The van der Waals surface area contributed by atoms with E-state index in [2.05, 4.69) is 10.3 Å². The second kappa shape index (κ2) is 5.81.